The maximum atomic E-state index is 11.9. The lowest BCUT2D eigenvalue weighted by Gasteiger charge is -2.13. The van der Waals surface area contributed by atoms with Gasteiger partial charge in [-0.25, -0.2) is 4.39 Å². The Bertz CT molecular complexity index is 157. The smallest absolute Gasteiger partial charge is 0.325 e. The summed E-state index contributed by atoms with van der Waals surface area (Å²) in [5, 5.41) is 8.46. The van der Waals surface area contributed by atoms with Crippen LogP contribution in [0.2, 0.25) is 0 Å². The lowest BCUT2D eigenvalue weighted by molar-refractivity contribution is -0.146. The molecule has 0 bridgehead atoms. The van der Waals surface area contributed by atoms with E-state index in [4.69, 9.17) is 10.8 Å². The second-order valence-electron chi connectivity index (χ2n) is 2.66. The fourth-order valence-corrected chi connectivity index (χ4v) is 0.543. The zero-order valence-electron chi connectivity index (χ0n) is 7.57. The van der Waals surface area contributed by atoms with Gasteiger partial charge in [0, 0.05) is 6.54 Å². The first-order valence-electron chi connectivity index (χ1n) is 3.89. The summed E-state index contributed by atoms with van der Waals surface area (Å²) in [6.45, 7) is -0.658. The van der Waals surface area contributed by atoms with Crippen LogP contribution >= 0.6 is 0 Å². The van der Waals surface area contributed by atoms with Crippen molar-refractivity contribution in [1.82, 2.24) is 4.90 Å². The minimum Gasteiger partial charge on any atom is -0.463 e. The van der Waals surface area contributed by atoms with E-state index in [1.807, 2.05) is 0 Å². The Labute approximate surface area is 76.3 Å². The molecule has 6 heteroatoms. The largest absolute Gasteiger partial charge is 0.463 e. The van der Waals surface area contributed by atoms with Crippen LogP contribution < -0.4 is 5.73 Å². The first-order valence-corrected chi connectivity index (χ1v) is 3.89. The van der Waals surface area contributed by atoms with Crippen molar-refractivity contribution in [2.45, 2.75) is 6.04 Å². The Morgan fingerprint density at radius 2 is 2.38 bits per heavy atom. The van der Waals surface area contributed by atoms with Crippen LogP contribution in [0, 0.1) is 0 Å². The monoisotopic (exact) mass is 194 g/mol. The molecule has 0 aromatic rings. The summed E-state index contributed by atoms with van der Waals surface area (Å²) in [5.41, 5.74) is 5.15. The average molecular weight is 194 g/mol. The number of alkyl halides is 1. The number of hydrogen-bond acceptors (Lipinski definition) is 5. The zero-order chi connectivity index (χ0) is 10.3. The minimum atomic E-state index is -1.00. The standard InChI is InChI=1S/C7H15FN2O3/c1-10(5-8)2-3-13-7(12)6(9)4-11/h6,11H,2-5,9H2,1H3/t6-/m0/s1. The van der Waals surface area contributed by atoms with E-state index in [0.29, 0.717) is 6.54 Å². The number of nitrogens with zero attached hydrogens (tertiary/aromatic N) is 1. The van der Waals surface area contributed by atoms with Crippen molar-refractivity contribution in [1.29, 1.82) is 0 Å². The average Bonchev–Trinajstić information content (AvgIpc) is 2.15. The summed E-state index contributed by atoms with van der Waals surface area (Å²) in [6, 6.07) is -1.00. The summed E-state index contributed by atoms with van der Waals surface area (Å²) >= 11 is 0. The zero-order valence-corrected chi connectivity index (χ0v) is 7.57. The molecule has 3 N–H and O–H groups in total. The molecule has 0 aliphatic heterocycles. The van der Waals surface area contributed by atoms with Gasteiger partial charge in [0.15, 0.2) is 0 Å². The number of rotatable bonds is 6. The molecule has 0 aromatic heterocycles. The molecule has 0 rings (SSSR count). The van der Waals surface area contributed by atoms with Crippen LogP contribution in [-0.4, -0.2) is 55.6 Å². The molecule has 0 heterocycles. The fraction of sp³-hybridized carbons (Fsp3) is 0.857. The molecule has 0 amide bonds. The highest BCUT2D eigenvalue weighted by atomic mass is 19.1. The van der Waals surface area contributed by atoms with Crippen LogP contribution in [0.4, 0.5) is 4.39 Å². The van der Waals surface area contributed by atoms with Gasteiger partial charge in [-0.1, -0.05) is 0 Å². The molecule has 0 spiro atoms. The van der Waals surface area contributed by atoms with Gasteiger partial charge < -0.3 is 15.6 Å². The van der Waals surface area contributed by atoms with Crippen LogP contribution in [0.15, 0.2) is 0 Å². The van der Waals surface area contributed by atoms with E-state index in [0.717, 1.165) is 0 Å². The molecule has 0 aliphatic carbocycles. The maximum Gasteiger partial charge on any atom is 0.325 e. The summed E-state index contributed by atoms with van der Waals surface area (Å²) < 4.78 is 16.5. The minimum absolute atomic E-state index is 0.0763. The molecule has 0 fully saturated rings. The lowest BCUT2D eigenvalue weighted by Crippen LogP contribution is -2.37. The number of nitrogens with two attached hydrogens (primary N) is 1. The van der Waals surface area contributed by atoms with Crippen molar-refractivity contribution in [3.05, 3.63) is 0 Å². The van der Waals surface area contributed by atoms with E-state index in [9.17, 15) is 9.18 Å². The first kappa shape index (κ1) is 12.3. The van der Waals surface area contributed by atoms with Gasteiger partial charge >= 0.3 is 5.97 Å². The SMILES string of the molecule is CN(CF)CCOC(=O)[C@@H](N)CO. The van der Waals surface area contributed by atoms with E-state index in [1.165, 1.54) is 4.90 Å². The van der Waals surface area contributed by atoms with Gasteiger partial charge in [-0.05, 0) is 7.05 Å². The molecule has 0 saturated carbocycles. The molecule has 78 valence electrons. The van der Waals surface area contributed by atoms with E-state index >= 15 is 0 Å². The molecule has 0 unspecified atom stereocenters. The number of carbonyl (C=O) groups is 1. The van der Waals surface area contributed by atoms with Crippen molar-refractivity contribution >= 4 is 5.97 Å². The molecule has 13 heavy (non-hydrogen) atoms. The van der Waals surface area contributed by atoms with Crippen LogP contribution in [-0.2, 0) is 9.53 Å². The molecule has 5 nitrogen and oxygen atoms in total. The molecule has 0 aromatic carbocycles. The Balaban J connectivity index is 3.47. The number of hydrogen-bond donors (Lipinski definition) is 2. The number of carbonyl (C=O) groups excluding carboxylic acids is 1. The summed E-state index contributed by atoms with van der Waals surface area (Å²) in [4.78, 5) is 12.2. The first-order chi connectivity index (χ1) is 6.11. The van der Waals surface area contributed by atoms with Crippen molar-refractivity contribution in [2.75, 3.05) is 33.6 Å². The molecule has 0 radical (unpaired) electrons. The maximum absolute atomic E-state index is 11.9. The summed E-state index contributed by atoms with van der Waals surface area (Å²) in [7, 11) is 1.56. The summed E-state index contributed by atoms with van der Waals surface area (Å²) in [6.07, 6.45) is 0. The highest BCUT2D eigenvalue weighted by Crippen LogP contribution is 1.87. The molecular weight excluding hydrogens is 179 g/mol. The van der Waals surface area contributed by atoms with Crippen molar-refractivity contribution < 1.29 is 19.0 Å². The Morgan fingerprint density at radius 3 is 2.85 bits per heavy atom. The highest BCUT2D eigenvalue weighted by Gasteiger charge is 2.13. The predicted molar refractivity (Wildman–Crippen MR) is 44.6 cm³/mol. The van der Waals surface area contributed by atoms with Gasteiger partial charge in [0.1, 0.15) is 19.4 Å². The Morgan fingerprint density at radius 1 is 1.77 bits per heavy atom. The van der Waals surface area contributed by atoms with Crippen LogP contribution in [0.1, 0.15) is 0 Å². The van der Waals surface area contributed by atoms with E-state index in [-0.39, 0.29) is 6.61 Å². The van der Waals surface area contributed by atoms with Gasteiger partial charge in [-0.15, -0.1) is 0 Å². The third-order valence-corrected chi connectivity index (χ3v) is 1.42. The van der Waals surface area contributed by atoms with Crippen molar-refractivity contribution in [3.63, 3.8) is 0 Å². The number of aliphatic hydroxyl groups excluding tert-OH is 1. The predicted octanol–water partition coefficient (Wildman–Crippen LogP) is -1.29. The van der Waals surface area contributed by atoms with Gasteiger partial charge in [0.2, 0.25) is 0 Å². The molecular formula is C7H15FN2O3. The number of ether oxygens (including phenoxy) is 1. The van der Waals surface area contributed by atoms with Gasteiger partial charge in [-0.2, -0.15) is 0 Å². The van der Waals surface area contributed by atoms with Crippen molar-refractivity contribution in [3.8, 4) is 0 Å². The van der Waals surface area contributed by atoms with Crippen LogP contribution in [0.5, 0.6) is 0 Å². The second kappa shape index (κ2) is 6.76. The molecule has 0 saturated heterocycles. The van der Waals surface area contributed by atoms with Gasteiger partial charge in [-0.3, -0.25) is 9.69 Å². The Kier molecular flexibility index (Phi) is 6.38. The van der Waals surface area contributed by atoms with Gasteiger partial charge in [0.25, 0.3) is 0 Å². The second-order valence-corrected chi connectivity index (χ2v) is 2.66. The number of likely N-dealkylation sites (N-methyl/N-ethyl adjacent to an activating group) is 1. The number of halogens is 1. The number of aliphatic hydroxyl groups is 1. The number of esters is 1. The van der Waals surface area contributed by atoms with Crippen LogP contribution in [0.25, 0.3) is 0 Å². The third-order valence-electron chi connectivity index (χ3n) is 1.42. The summed E-state index contributed by atoms with van der Waals surface area (Å²) in [5.74, 6) is -0.672. The highest BCUT2D eigenvalue weighted by molar-refractivity contribution is 5.75. The third kappa shape index (κ3) is 5.51. The van der Waals surface area contributed by atoms with E-state index < -0.39 is 25.4 Å². The quantitative estimate of drug-likeness (QED) is 0.406. The van der Waals surface area contributed by atoms with E-state index in [2.05, 4.69) is 4.74 Å². The lowest BCUT2D eigenvalue weighted by atomic mass is 10.3. The van der Waals surface area contributed by atoms with Crippen molar-refractivity contribution in [2.24, 2.45) is 5.73 Å². The van der Waals surface area contributed by atoms with Gasteiger partial charge in [0.05, 0.1) is 6.61 Å². The Hall–Kier alpha value is -0.720. The van der Waals surface area contributed by atoms with E-state index in [1.54, 1.807) is 7.05 Å². The molecule has 0 aliphatic rings. The normalized spacial score (nSPS) is 13.0. The topological polar surface area (TPSA) is 75.8 Å². The molecule has 1 atom stereocenters. The fourth-order valence-electron chi connectivity index (χ4n) is 0.543. The van der Waals surface area contributed by atoms with Crippen LogP contribution in [0.3, 0.4) is 0 Å².